The van der Waals surface area contributed by atoms with Gasteiger partial charge in [-0.15, -0.1) is 0 Å². The molecule has 16 heavy (non-hydrogen) atoms. The second kappa shape index (κ2) is 7.15. The van der Waals surface area contributed by atoms with Gasteiger partial charge in [0.05, 0.1) is 11.4 Å². The fraction of sp³-hybridized carbons (Fsp3) is 0.571. The van der Waals surface area contributed by atoms with Gasteiger partial charge in [-0.2, -0.15) is 0 Å². The minimum absolute atomic E-state index is 0.920. The molecule has 3 N–H and O–H groups in total. The first-order valence-corrected chi connectivity index (χ1v) is 6.40. The Morgan fingerprint density at radius 3 is 2.62 bits per heavy atom. The predicted molar refractivity (Wildman–Crippen MR) is 72.9 cm³/mol. The number of aryl methyl sites for hydroxylation is 1. The Labute approximate surface area is 99.2 Å². The van der Waals surface area contributed by atoms with Crippen molar-refractivity contribution < 1.29 is 0 Å². The number of benzene rings is 1. The highest BCUT2D eigenvalue weighted by molar-refractivity contribution is 5.69. The number of hydrogen-bond acceptors (Lipinski definition) is 2. The van der Waals surface area contributed by atoms with Gasteiger partial charge >= 0.3 is 0 Å². The van der Waals surface area contributed by atoms with Crippen molar-refractivity contribution >= 4 is 11.4 Å². The topological polar surface area (TPSA) is 38.0 Å². The van der Waals surface area contributed by atoms with E-state index in [1.165, 1.54) is 31.2 Å². The van der Waals surface area contributed by atoms with Crippen LogP contribution in [0.2, 0.25) is 0 Å². The van der Waals surface area contributed by atoms with E-state index in [1.54, 1.807) is 0 Å². The first-order chi connectivity index (χ1) is 7.79. The van der Waals surface area contributed by atoms with Gasteiger partial charge in [0.1, 0.15) is 0 Å². The third-order valence-corrected chi connectivity index (χ3v) is 2.86. The van der Waals surface area contributed by atoms with Crippen molar-refractivity contribution in [1.29, 1.82) is 0 Å². The summed E-state index contributed by atoms with van der Waals surface area (Å²) in [5, 5.41) is 3.29. The van der Waals surface area contributed by atoms with Gasteiger partial charge < -0.3 is 11.1 Å². The van der Waals surface area contributed by atoms with E-state index in [-0.39, 0.29) is 0 Å². The van der Waals surface area contributed by atoms with Crippen molar-refractivity contribution in [3.05, 3.63) is 23.8 Å². The molecule has 0 bridgehead atoms. The summed E-state index contributed by atoms with van der Waals surface area (Å²) in [5.41, 5.74) is 9.42. The van der Waals surface area contributed by atoms with E-state index < -0.39 is 0 Å². The van der Waals surface area contributed by atoms with Crippen LogP contribution in [-0.2, 0) is 6.42 Å². The molecule has 90 valence electrons. The average molecular weight is 220 g/mol. The van der Waals surface area contributed by atoms with Crippen molar-refractivity contribution in [2.24, 2.45) is 0 Å². The van der Waals surface area contributed by atoms with Crippen molar-refractivity contribution in [1.82, 2.24) is 0 Å². The van der Waals surface area contributed by atoms with E-state index in [1.807, 2.05) is 6.07 Å². The zero-order chi connectivity index (χ0) is 11.8. The molecule has 0 aliphatic heterocycles. The Kier molecular flexibility index (Phi) is 5.76. The second-order valence-corrected chi connectivity index (χ2v) is 4.22. The maximum absolute atomic E-state index is 6.12. The molecule has 1 aromatic carbocycles. The lowest BCUT2D eigenvalue weighted by atomic mass is 10.0. The van der Waals surface area contributed by atoms with Gasteiger partial charge in [0.2, 0.25) is 0 Å². The predicted octanol–water partition coefficient (Wildman–Crippen LogP) is 3.82. The molecular weight excluding hydrogens is 196 g/mol. The molecule has 1 aromatic rings. The van der Waals surface area contributed by atoms with Gasteiger partial charge in [-0.3, -0.25) is 0 Å². The van der Waals surface area contributed by atoms with Crippen LogP contribution in [0.3, 0.4) is 0 Å². The highest BCUT2D eigenvalue weighted by Crippen LogP contribution is 2.24. The summed E-state index contributed by atoms with van der Waals surface area (Å²) in [6, 6.07) is 6.28. The summed E-state index contributed by atoms with van der Waals surface area (Å²) in [6.07, 6.45) is 6.26. The molecule has 0 aliphatic carbocycles. The van der Waals surface area contributed by atoms with Gasteiger partial charge in [-0.25, -0.2) is 0 Å². The highest BCUT2D eigenvalue weighted by atomic mass is 14.9. The maximum atomic E-state index is 6.12. The summed E-state index contributed by atoms with van der Waals surface area (Å²) >= 11 is 0. The van der Waals surface area contributed by atoms with Gasteiger partial charge in [0.15, 0.2) is 0 Å². The van der Waals surface area contributed by atoms with Gasteiger partial charge in [-0.1, -0.05) is 38.3 Å². The number of nitrogen functional groups attached to an aromatic ring is 1. The highest BCUT2D eigenvalue weighted by Gasteiger charge is 2.03. The SMILES string of the molecule is CCCCCCc1cccc(NCC)c1N. The summed E-state index contributed by atoms with van der Waals surface area (Å²) in [7, 11) is 0. The molecular formula is C14H24N2. The van der Waals surface area contributed by atoms with Crippen LogP contribution in [0.4, 0.5) is 11.4 Å². The number of para-hydroxylation sites is 1. The first kappa shape index (κ1) is 12.9. The number of nitrogens with two attached hydrogens (primary N) is 1. The third kappa shape index (κ3) is 3.76. The second-order valence-electron chi connectivity index (χ2n) is 4.22. The van der Waals surface area contributed by atoms with E-state index in [2.05, 4.69) is 31.3 Å². The zero-order valence-corrected chi connectivity index (χ0v) is 10.6. The normalized spacial score (nSPS) is 10.4. The standard InChI is InChI=1S/C14H24N2/c1-3-5-6-7-9-12-10-8-11-13(14(12)15)16-4-2/h8,10-11,16H,3-7,9,15H2,1-2H3. The summed E-state index contributed by atoms with van der Waals surface area (Å²) in [4.78, 5) is 0. The monoisotopic (exact) mass is 220 g/mol. The summed E-state index contributed by atoms with van der Waals surface area (Å²) in [6.45, 7) is 5.25. The minimum atomic E-state index is 0.920. The number of rotatable bonds is 7. The van der Waals surface area contributed by atoms with Crippen molar-refractivity contribution in [2.45, 2.75) is 46.0 Å². The molecule has 2 heteroatoms. The lowest BCUT2D eigenvalue weighted by Crippen LogP contribution is -2.03. The molecule has 0 fully saturated rings. The summed E-state index contributed by atoms with van der Waals surface area (Å²) in [5.74, 6) is 0. The largest absolute Gasteiger partial charge is 0.397 e. The molecule has 0 spiro atoms. The van der Waals surface area contributed by atoms with E-state index in [9.17, 15) is 0 Å². The molecule has 0 aromatic heterocycles. The molecule has 0 heterocycles. The van der Waals surface area contributed by atoms with Crippen LogP contribution in [0.5, 0.6) is 0 Å². The van der Waals surface area contributed by atoms with E-state index >= 15 is 0 Å². The Bertz CT molecular complexity index is 308. The Morgan fingerprint density at radius 1 is 1.12 bits per heavy atom. The third-order valence-electron chi connectivity index (χ3n) is 2.86. The van der Waals surface area contributed by atoms with Crippen LogP contribution in [0, 0.1) is 0 Å². The van der Waals surface area contributed by atoms with Crippen LogP contribution in [0.15, 0.2) is 18.2 Å². The van der Waals surface area contributed by atoms with Crippen molar-refractivity contribution in [3.8, 4) is 0 Å². The van der Waals surface area contributed by atoms with E-state index in [0.29, 0.717) is 0 Å². The van der Waals surface area contributed by atoms with Gasteiger partial charge in [0, 0.05) is 6.54 Å². The Hall–Kier alpha value is -1.18. The number of anilines is 2. The Balaban J connectivity index is 2.55. The number of unbranched alkanes of at least 4 members (excludes halogenated alkanes) is 3. The molecule has 0 saturated heterocycles. The van der Waals surface area contributed by atoms with E-state index in [4.69, 9.17) is 5.73 Å². The number of hydrogen-bond donors (Lipinski definition) is 2. The van der Waals surface area contributed by atoms with Crippen LogP contribution in [0.1, 0.15) is 45.1 Å². The van der Waals surface area contributed by atoms with Crippen molar-refractivity contribution in [3.63, 3.8) is 0 Å². The molecule has 0 aliphatic rings. The van der Waals surface area contributed by atoms with Gasteiger partial charge in [-0.05, 0) is 31.4 Å². The maximum Gasteiger partial charge on any atom is 0.0582 e. The Morgan fingerprint density at radius 2 is 1.94 bits per heavy atom. The average Bonchev–Trinajstić information content (AvgIpc) is 2.29. The van der Waals surface area contributed by atoms with Gasteiger partial charge in [0.25, 0.3) is 0 Å². The zero-order valence-electron chi connectivity index (χ0n) is 10.6. The summed E-state index contributed by atoms with van der Waals surface area (Å²) < 4.78 is 0. The molecule has 0 saturated carbocycles. The number of nitrogens with one attached hydrogen (secondary N) is 1. The molecule has 0 unspecified atom stereocenters. The molecule has 2 nitrogen and oxygen atoms in total. The first-order valence-electron chi connectivity index (χ1n) is 6.40. The van der Waals surface area contributed by atoms with Crippen molar-refractivity contribution in [2.75, 3.05) is 17.6 Å². The molecule has 0 amide bonds. The molecule has 1 rings (SSSR count). The van der Waals surface area contributed by atoms with Crippen LogP contribution in [-0.4, -0.2) is 6.54 Å². The molecule has 0 atom stereocenters. The van der Waals surface area contributed by atoms with Crippen LogP contribution in [0.25, 0.3) is 0 Å². The fourth-order valence-electron chi connectivity index (χ4n) is 1.92. The lowest BCUT2D eigenvalue weighted by Gasteiger charge is -2.11. The quantitative estimate of drug-likeness (QED) is 0.541. The fourth-order valence-corrected chi connectivity index (χ4v) is 1.92. The smallest absolute Gasteiger partial charge is 0.0582 e. The lowest BCUT2D eigenvalue weighted by molar-refractivity contribution is 0.667. The van der Waals surface area contributed by atoms with Crippen LogP contribution >= 0.6 is 0 Å². The van der Waals surface area contributed by atoms with Crippen LogP contribution < -0.4 is 11.1 Å². The van der Waals surface area contributed by atoms with E-state index in [0.717, 1.165) is 24.3 Å². The minimum Gasteiger partial charge on any atom is -0.397 e. The molecule has 0 radical (unpaired) electrons.